The minimum absolute atomic E-state index is 0.00251. The maximum Gasteiger partial charge on any atom is 0.230 e. The van der Waals surface area contributed by atoms with Gasteiger partial charge in [0.2, 0.25) is 17.8 Å². The summed E-state index contributed by atoms with van der Waals surface area (Å²) in [5.74, 6) is 2.07. The maximum absolute atomic E-state index is 12.8. The first-order chi connectivity index (χ1) is 13.9. The van der Waals surface area contributed by atoms with Crippen LogP contribution in [-0.4, -0.2) is 68.1 Å². The maximum atomic E-state index is 12.8. The van der Waals surface area contributed by atoms with Crippen molar-refractivity contribution in [2.24, 2.45) is 0 Å². The van der Waals surface area contributed by atoms with Gasteiger partial charge >= 0.3 is 0 Å². The molecule has 0 aromatic carbocycles. The normalized spacial score (nSPS) is 23.3. The van der Waals surface area contributed by atoms with E-state index in [1.807, 2.05) is 39.0 Å². The van der Waals surface area contributed by atoms with E-state index in [9.17, 15) is 4.79 Å². The van der Waals surface area contributed by atoms with E-state index < -0.39 is 0 Å². The van der Waals surface area contributed by atoms with E-state index in [1.54, 1.807) is 4.68 Å². The third-order valence-corrected chi connectivity index (χ3v) is 5.93. The first-order valence-corrected chi connectivity index (χ1v) is 10.3. The molecule has 0 bridgehead atoms. The predicted molar refractivity (Wildman–Crippen MR) is 109 cm³/mol. The smallest absolute Gasteiger partial charge is 0.230 e. The number of aryl methyl sites for hydroxylation is 2. The number of fused-ring (bicyclic) bond motifs is 1. The molecular formula is C19H29N9O. The van der Waals surface area contributed by atoms with E-state index in [1.165, 1.54) is 0 Å². The summed E-state index contributed by atoms with van der Waals surface area (Å²) in [5.41, 5.74) is 0.477. The molecule has 2 aromatic heterocycles. The molecule has 0 spiro atoms. The highest BCUT2D eigenvalue weighted by molar-refractivity contribution is 5.79. The van der Waals surface area contributed by atoms with E-state index in [-0.39, 0.29) is 23.9 Å². The zero-order valence-electron chi connectivity index (χ0n) is 17.6. The molecule has 4 rings (SSSR count). The Morgan fingerprint density at radius 1 is 1.31 bits per heavy atom. The number of carbonyl (C=O) groups excluding carboxylic acids is 1. The van der Waals surface area contributed by atoms with Crippen molar-refractivity contribution in [3.05, 3.63) is 17.7 Å². The zero-order chi connectivity index (χ0) is 20.6. The van der Waals surface area contributed by atoms with Crippen molar-refractivity contribution in [3.63, 3.8) is 0 Å². The molecule has 29 heavy (non-hydrogen) atoms. The van der Waals surface area contributed by atoms with Gasteiger partial charge in [-0.3, -0.25) is 9.48 Å². The van der Waals surface area contributed by atoms with E-state index in [4.69, 9.17) is 0 Å². The zero-order valence-corrected chi connectivity index (χ0v) is 17.6. The summed E-state index contributed by atoms with van der Waals surface area (Å²) in [6, 6.07) is 0.203. The van der Waals surface area contributed by atoms with Gasteiger partial charge < -0.3 is 15.1 Å². The van der Waals surface area contributed by atoms with Crippen LogP contribution in [0.3, 0.4) is 0 Å². The van der Waals surface area contributed by atoms with Gasteiger partial charge in [-0.1, -0.05) is 5.21 Å². The van der Waals surface area contributed by atoms with Crippen molar-refractivity contribution >= 4 is 17.8 Å². The number of hydrogen-bond donors (Lipinski definition) is 1. The lowest BCUT2D eigenvalue weighted by Crippen LogP contribution is -2.54. The number of carbonyl (C=O) groups is 1. The number of rotatable bonds is 6. The third-order valence-electron chi connectivity index (χ3n) is 5.93. The number of anilines is 2. The Bertz CT molecular complexity index is 896. The number of amides is 1. The first-order valence-electron chi connectivity index (χ1n) is 10.3. The minimum atomic E-state index is -0.226. The molecule has 156 valence electrons. The van der Waals surface area contributed by atoms with E-state index in [0.717, 1.165) is 38.8 Å². The van der Waals surface area contributed by atoms with Gasteiger partial charge in [-0.05, 0) is 39.5 Å². The average Bonchev–Trinajstić information content (AvgIpc) is 3.35. The molecule has 2 fully saturated rings. The van der Waals surface area contributed by atoms with Crippen LogP contribution in [0.1, 0.15) is 44.1 Å². The molecule has 1 amide bonds. The second kappa shape index (κ2) is 7.57. The average molecular weight is 400 g/mol. The summed E-state index contributed by atoms with van der Waals surface area (Å²) in [6.07, 6.45) is 6.07. The lowest BCUT2D eigenvalue weighted by atomic mass is 9.92. The second-order valence-electron chi connectivity index (χ2n) is 8.18. The van der Waals surface area contributed by atoms with Crippen molar-refractivity contribution in [3.8, 4) is 0 Å². The van der Waals surface area contributed by atoms with Crippen molar-refractivity contribution in [2.75, 3.05) is 30.4 Å². The standard InChI is InChI=1S/C19H29N9O/c1-5-27-12-14(24-25-27)11-16(29)23-19-8-6-7-15(19)28(10-9-19)18-21-13(2)20-17(22-18)26(3)4/h12,15H,5-11H2,1-4H3,(H,23,29). The number of nitrogens with zero attached hydrogens (tertiary/aromatic N) is 8. The fourth-order valence-corrected chi connectivity index (χ4v) is 4.57. The summed E-state index contributed by atoms with van der Waals surface area (Å²) < 4.78 is 1.74. The molecule has 0 radical (unpaired) electrons. The fourth-order valence-electron chi connectivity index (χ4n) is 4.57. The molecule has 1 saturated carbocycles. The fraction of sp³-hybridized carbons (Fsp3) is 0.684. The van der Waals surface area contributed by atoms with Crippen molar-refractivity contribution in [1.82, 2.24) is 35.3 Å². The number of nitrogens with one attached hydrogen (secondary N) is 1. The van der Waals surface area contributed by atoms with Gasteiger partial charge in [0.1, 0.15) is 5.82 Å². The first kappa shape index (κ1) is 19.5. The molecule has 1 aliphatic heterocycles. The van der Waals surface area contributed by atoms with Gasteiger partial charge in [-0.2, -0.15) is 15.0 Å². The molecule has 2 aliphatic rings. The summed E-state index contributed by atoms with van der Waals surface area (Å²) in [7, 11) is 3.86. The largest absolute Gasteiger partial charge is 0.348 e. The van der Waals surface area contributed by atoms with E-state index >= 15 is 0 Å². The van der Waals surface area contributed by atoms with Crippen molar-refractivity contribution in [1.29, 1.82) is 0 Å². The summed E-state index contributed by atoms with van der Waals surface area (Å²) in [5, 5.41) is 11.5. The number of aromatic nitrogens is 6. The van der Waals surface area contributed by atoms with Crippen LogP contribution in [0.25, 0.3) is 0 Å². The van der Waals surface area contributed by atoms with Crippen LogP contribution in [0.5, 0.6) is 0 Å². The second-order valence-corrected chi connectivity index (χ2v) is 8.18. The van der Waals surface area contributed by atoms with Gasteiger partial charge in [0.05, 0.1) is 23.7 Å². The Balaban J connectivity index is 1.51. The van der Waals surface area contributed by atoms with Crippen LogP contribution in [0.2, 0.25) is 0 Å². The van der Waals surface area contributed by atoms with Crippen LogP contribution < -0.4 is 15.1 Å². The van der Waals surface area contributed by atoms with Gasteiger partial charge in [0.15, 0.2) is 0 Å². The quantitative estimate of drug-likeness (QED) is 0.758. The van der Waals surface area contributed by atoms with Crippen molar-refractivity contribution in [2.45, 2.75) is 64.1 Å². The topological polar surface area (TPSA) is 105 Å². The van der Waals surface area contributed by atoms with E-state index in [0.29, 0.717) is 23.4 Å². The van der Waals surface area contributed by atoms with Crippen LogP contribution >= 0.6 is 0 Å². The molecule has 2 unspecified atom stereocenters. The Labute approximate surface area is 170 Å². The summed E-state index contributed by atoms with van der Waals surface area (Å²) in [4.78, 5) is 30.6. The van der Waals surface area contributed by atoms with Crippen LogP contribution in [0, 0.1) is 6.92 Å². The van der Waals surface area contributed by atoms with Crippen molar-refractivity contribution < 1.29 is 4.79 Å². The molecule has 10 nitrogen and oxygen atoms in total. The summed E-state index contributed by atoms with van der Waals surface area (Å²) >= 11 is 0. The molecule has 3 heterocycles. The Morgan fingerprint density at radius 3 is 2.86 bits per heavy atom. The van der Waals surface area contributed by atoms with Gasteiger partial charge in [0.25, 0.3) is 0 Å². The van der Waals surface area contributed by atoms with Gasteiger partial charge in [0, 0.05) is 33.4 Å². The SMILES string of the molecule is CCn1cc(CC(=O)NC23CCCC2N(c2nc(C)nc(N(C)C)n2)CC3)nn1. The Kier molecular flexibility index (Phi) is 5.10. The van der Waals surface area contributed by atoms with Crippen LogP contribution in [-0.2, 0) is 17.8 Å². The highest BCUT2D eigenvalue weighted by atomic mass is 16.1. The predicted octanol–water partition coefficient (Wildman–Crippen LogP) is 0.718. The lowest BCUT2D eigenvalue weighted by Gasteiger charge is -2.33. The Hall–Kier alpha value is -2.78. The van der Waals surface area contributed by atoms with Gasteiger partial charge in [-0.25, -0.2) is 0 Å². The minimum Gasteiger partial charge on any atom is -0.348 e. The Morgan fingerprint density at radius 2 is 2.14 bits per heavy atom. The number of hydrogen-bond acceptors (Lipinski definition) is 8. The van der Waals surface area contributed by atoms with Gasteiger partial charge in [-0.15, -0.1) is 5.10 Å². The molecule has 1 aliphatic carbocycles. The molecule has 10 heteroatoms. The molecular weight excluding hydrogens is 370 g/mol. The van der Waals surface area contributed by atoms with Crippen LogP contribution in [0.15, 0.2) is 6.20 Å². The van der Waals surface area contributed by atoms with Crippen LogP contribution in [0.4, 0.5) is 11.9 Å². The van der Waals surface area contributed by atoms with E-state index in [2.05, 4.69) is 35.5 Å². The molecule has 1 N–H and O–H groups in total. The lowest BCUT2D eigenvalue weighted by molar-refractivity contribution is -0.122. The molecule has 2 atom stereocenters. The summed E-state index contributed by atoms with van der Waals surface area (Å²) in [6.45, 7) is 5.46. The monoisotopic (exact) mass is 399 g/mol. The molecule has 1 saturated heterocycles. The third kappa shape index (κ3) is 3.75. The highest BCUT2D eigenvalue weighted by Crippen LogP contribution is 2.43. The molecule has 2 aromatic rings. The highest BCUT2D eigenvalue weighted by Gasteiger charge is 2.52.